The van der Waals surface area contributed by atoms with Crippen molar-refractivity contribution in [2.75, 3.05) is 31.5 Å². The highest BCUT2D eigenvalue weighted by atomic mass is 19.4. The third kappa shape index (κ3) is 4.20. The van der Waals surface area contributed by atoms with Crippen molar-refractivity contribution in [1.82, 2.24) is 9.80 Å². The van der Waals surface area contributed by atoms with E-state index < -0.39 is 6.36 Å². The standard InChI is InChI=1S/C17H20F3N3O3/c1-2-15(24)22-7-11-9-23(10-12(11)8-22)16(25)21-13-3-5-14(6-4-13)26-17(18,19)20/h3-6,11-12H,2,7-10H2,1H3,(H,21,25)/t11-,12?/m0/s1. The van der Waals surface area contributed by atoms with Crippen LogP contribution in [0.3, 0.4) is 0 Å². The van der Waals surface area contributed by atoms with E-state index in [1.54, 1.807) is 4.90 Å². The van der Waals surface area contributed by atoms with Crippen LogP contribution in [0.25, 0.3) is 0 Å². The van der Waals surface area contributed by atoms with Crippen LogP contribution in [-0.4, -0.2) is 54.3 Å². The van der Waals surface area contributed by atoms with E-state index in [1.807, 2.05) is 11.8 Å². The van der Waals surface area contributed by atoms with Crippen LogP contribution < -0.4 is 10.1 Å². The molecule has 2 fully saturated rings. The summed E-state index contributed by atoms with van der Waals surface area (Å²) in [6, 6.07) is 4.72. The van der Waals surface area contributed by atoms with Crippen molar-refractivity contribution >= 4 is 17.6 Å². The number of rotatable bonds is 3. The number of anilines is 1. The molecule has 142 valence electrons. The molecular weight excluding hydrogens is 351 g/mol. The largest absolute Gasteiger partial charge is 0.573 e. The lowest BCUT2D eigenvalue weighted by molar-refractivity contribution is -0.274. The summed E-state index contributed by atoms with van der Waals surface area (Å²) < 4.78 is 40.2. The Bertz CT molecular complexity index is 664. The molecular formula is C17H20F3N3O3. The summed E-state index contributed by atoms with van der Waals surface area (Å²) in [6.45, 7) is 4.31. The number of alkyl halides is 3. The zero-order valence-electron chi connectivity index (χ0n) is 14.3. The van der Waals surface area contributed by atoms with Crippen molar-refractivity contribution in [3.05, 3.63) is 24.3 Å². The Hall–Kier alpha value is -2.45. The molecule has 9 heteroatoms. The minimum atomic E-state index is -4.74. The molecule has 2 atom stereocenters. The van der Waals surface area contributed by atoms with Gasteiger partial charge in [0.25, 0.3) is 0 Å². The second kappa shape index (κ2) is 7.05. The fourth-order valence-corrected chi connectivity index (χ4v) is 3.53. The SMILES string of the molecule is CCC(=O)N1CC2CN(C(=O)Nc3ccc(OC(F)(F)F)cc3)C[C@@H]2C1. The number of nitrogens with one attached hydrogen (secondary N) is 1. The van der Waals surface area contributed by atoms with Crippen LogP contribution in [0.15, 0.2) is 24.3 Å². The van der Waals surface area contributed by atoms with Gasteiger partial charge in [0.1, 0.15) is 5.75 Å². The summed E-state index contributed by atoms with van der Waals surface area (Å²) >= 11 is 0. The average molecular weight is 371 g/mol. The molecule has 2 aliphatic heterocycles. The molecule has 2 saturated heterocycles. The molecule has 1 N–H and O–H groups in total. The van der Waals surface area contributed by atoms with Gasteiger partial charge in [-0.05, 0) is 24.3 Å². The minimum Gasteiger partial charge on any atom is -0.406 e. The first-order valence-corrected chi connectivity index (χ1v) is 8.44. The lowest BCUT2D eigenvalue weighted by Crippen LogP contribution is -2.37. The summed E-state index contributed by atoms with van der Waals surface area (Å²) in [5.74, 6) is 0.348. The quantitative estimate of drug-likeness (QED) is 0.889. The summed E-state index contributed by atoms with van der Waals surface area (Å²) in [6.07, 6.45) is -4.26. The van der Waals surface area contributed by atoms with E-state index in [4.69, 9.17) is 0 Å². The number of benzene rings is 1. The normalized spacial score (nSPS) is 22.3. The number of fused-ring (bicyclic) bond motifs is 1. The minimum absolute atomic E-state index is 0.136. The molecule has 0 bridgehead atoms. The van der Waals surface area contributed by atoms with Crippen molar-refractivity contribution in [3.8, 4) is 5.75 Å². The van der Waals surface area contributed by atoms with E-state index in [-0.39, 0.29) is 29.5 Å². The number of ether oxygens (including phenoxy) is 1. The third-order valence-corrected chi connectivity index (χ3v) is 4.77. The van der Waals surface area contributed by atoms with E-state index in [0.717, 1.165) is 12.1 Å². The Kier molecular flexibility index (Phi) is 4.97. The second-order valence-electron chi connectivity index (χ2n) is 6.58. The van der Waals surface area contributed by atoms with Gasteiger partial charge in [-0.3, -0.25) is 4.79 Å². The van der Waals surface area contributed by atoms with Gasteiger partial charge in [-0.2, -0.15) is 0 Å². The molecule has 0 aromatic heterocycles. The smallest absolute Gasteiger partial charge is 0.406 e. The lowest BCUT2D eigenvalue weighted by Gasteiger charge is -2.22. The molecule has 0 aliphatic carbocycles. The van der Waals surface area contributed by atoms with Gasteiger partial charge < -0.3 is 19.9 Å². The van der Waals surface area contributed by atoms with Gasteiger partial charge in [0.15, 0.2) is 0 Å². The zero-order valence-corrected chi connectivity index (χ0v) is 14.3. The third-order valence-electron chi connectivity index (χ3n) is 4.77. The van der Waals surface area contributed by atoms with E-state index in [0.29, 0.717) is 38.3 Å². The van der Waals surface area contributed by atoms with Crippen LogP contribution in [0.5, 0.6) is 5.75 Å². The van der Waals surface area contributed by atoms with Gasteiger partial charge >= 0.3 is 12.4 Å². The van der Waals surface area contributed by atoms with Crippen LogP contribution in [0.4, 0.5) is 23.7 Å². The van der Waals surface area contributed by atoms with Gasteiger partial charge in [-0.1, -0.05) is 6.92 Å². The molecule has 1 unspecified atom stereocenters. The summed E-state index contributed by atoms with van der Waals surface area (Å²) in [5, 5.41) is 2.68. The van der Waals surface area contributed by atoms with Crippen LogP contribution >= 0.6 is 0 Å². The fraction of sp³-hybridized carbons (Fsp3) is 0.529. The van der Waals surface area contributed by atoms with Crippen LogP contribution in [0.1, 0.15) is 13.3 Å². The number of urea groups is 1. The predicted molar refractivity (Wildman–Crippen MR) is 87.6 cm³/mol. The Morgan fingerprint density at radius 2 is 1.62 bits per heavy atom. The number of amides is 3. The molecule has 2 heterocycles. The van der Waals surface area contributed by atoms with Crippen molar-refractivity contribution in [1.29, 1.82) is 0 Å². The highest BCUT2D eigenvalue weighted by molar-refractivity contribution is 5.89. The van der Waals surface area contributed by atoms with Crippen LogP contribution in [0.2, 0.25) is 0 Å². The topological polar surface area (TPSA) is 61.9 Å². The number of carbonyl (C=O) groups excluding carboxylic acids is 2. The molecule has 26 heavy (non-hydrogen) atoms. The van der Waals surface area contributed by atoms with E-state index >= 15 is 0 Å². The summed E-state index contributed by atoms with van der Waals surface area (Å²) in [7, 11) is 0. The van der Waals surface area contributed by atoms with Gasteiger partial charge in [0, 0.05) is 50.1 Å². The zero-order chi connectivity index (χ0) is 18.9. The van der Waals surface area contributed by atoms with Crippen LogP contribution in [-0.2, 0) is 4.79 Å². The molecule has 1 aromatic rings. The van der Waals surface area contributed by atoms with Crippen molar-refractivity contribution in [2.24, 2.45) is 11.8 Å². The Morgan fingerprint density at radius 3 is 2.12 bits per heavy atom. The fourth-order valence-electron chi connectivity index (χ4n) is 3.53. The monoisotopic (exact) mass is 371 g/mol. The Morgan fingerprint density at radius 1 is 1.08 bits per heavy atom. The first-order valence-electron chi connectivity index (χ1n) is 8.44. The molecule has 1 aromatic carbocycles. The van der Waals surface area contributed by atoms with Gasteiger partial charge in [-0.15, -0.1) is 13.2 Å². The van der Waals surface area contributed by atoms with Gasteiger partial charge in [0.05, 0.1) is 0 Å². The number of hydrogen-bond acceptors (Lipinski definition) is 3. The molecule has 0 radical (unpaired) electrons. The number of halogens is 3. The molecule has 2 aliphatic rings. The summed E-state index contributed by atoms with van der Waals surface area (Å²) in [4.78, 5) is 27.7. The van der Waals surface area contributed by atoms with Crippen molar-refractivity contribution in [3.63, 3.8) is 0 Å². The van der Waals surface area contributed by atoms with Gasteiger partial charge in [0.2, 0.25) is 5.91 Å². The molecule has 3 amide bonds. The Balaban J connectivity index is 1.52. The van der Waals surface area contributed by atoms with Crippen molar-refractivity contribution in [2.45, 2.75) is 19.7 Å². The maximum absolute atomic E-state index is 12.4. The first-order chi connectivity index (χ1) is 12.2. The van der Waals surface area contributed by atoms with Gasteiger partial charge in [-0.25, -0.2) is 4.79 Å². The maximum Gasteiger partial charge on any atom is 0.573 e. The lowest BCUT2D eigenvalue weighted by atomic mass is 10.0. The molecule has 0 spiro atoms. The Labute approximate surface area is 148 Å². The first kappa shape index (κ1) is 18.3. The number of likely N-dealkylation sites (tertiary alicyclic amines) is 2. The summed E-state index contributed by atoms with van der Waals surface area (Å²) in [5.41, 5.74) is 0.393. The second-order valence-corrected chi connectivity index (χ2v) is 6.58. The molecule has 3 rings (SSSR count). The van der Waals surface area contributed by atoms with E-state index in [2.05, 4.69) is 10.1 Å². The van der Waals surface area contributed by atoms with E-state index in [1.165, 1.54) is 12.1 Å². The number of nitrogens with zero attached hydrogens (tertiary/aromatic N) is 2. The highest BCUT2D eigenvalue weighted by Gasteiger charge is 2.42. The number of carbonyl (C=O) groups is 2. The van der Waals surface area contributed by atoms with Crippen LogP contribution in [0, 0.1) is 11.8 Å². The van der Waals surface area contributed by atoms with Crippen molar-refractivity contribution < 1.29 is 27.5 Å². The highest BCUT2D eigenvalue weighted by Crippen LogP contribution is 2.32. The predicted octanol–water partition coefficient (Wildman–Crippen LogP) is 2.92. The van der Waals surface area contributed by atoms with E-state index in [9.17, 15) is 22.8 Å². The number of hydrogen-bond donors (Lipinski definition) is 1. The molecule has 0 saturated carbocycles. The molecule has 6 nitrogen and oxygen atoms in total. The maximum atomic E-state index is 12.4. The average Bonchev–Trinajstić information content (AvgIpc) is 3.13.